The molecule has 3 aromatic rings. The highest BCUT2D eigenvalue weighted by Crippen LogP contribution is 2.38. The number of ether oxygens (including phenoxy) is 2. The average Bonchev–Trinajstić information content (AvgIpc) is 2.71. The van der Waals surface area contributed by atoms with E-state index in [1.807, 2.05) is 43.3 Å². The van der Waals surface area contributed by atoms with E-state index in [1.54, 1.807) is 31.2 Å². The van der Waals surface area contributed by atoms with E-state index in [1.165, 1.54) is 0 Å². The summed E-state index contributed by atoms with van der Waals surface area (Å²) in [6.07, 6.45) is 0.461. The molecular formula is C23H20BrFO3. The Hall–Kier alpha value is -2.66. The van der Waals surface area contributed by atoms with Crippen molar-refractivity contribution in [3.63, 3.8) is 0 Å². The van der Waals surface area contributed by atoms with Crippen molar-refractivity contribution in [1.82, 2.24) is 0 Å². The molecule has 0 fully saturated rings. The first-order valence-corrected chi connectivity index (χ1v) is 9.76. The lowest BCUT2D eigenvalue weighted by Gasteiger charge is -2.19. The fraction of sp³-hybridized carbons (Fsp3) is 0.174. The van der Waals surface area contributed by atoms with Gasteiger partial charge in [-0.2, -0.15) is 0 Å². The second-order valence-electron chi connectivity index (χ2n) is 6.27. The maximum atomic E-state index is 14.9. The van der Waals surface area contributed by atoms with Crippen LogP contribution in [0.5, 0.6) is 11.5 Å². The molecular weight excluding hydrogens is 423 g/mol. The molecule has 3 aromatic carbocycles. The van der Waals surface area contributed by atoms with Crippen molar-refractivity contribution >= 4 is 21.9 Å². The third kappa shape index (κ3) is 4.25. The summed E-state index contributed by atoms with van der Waals surface area (Å²) in [6.45, 7) is 3.67. The average molecular weight is 443 g/mol. The standard InChI is InChI=1S/C23H20BrFO3/c1-3-18-20(24)22(27-14-16-10-6-4-7-11-16)19(15(2)21(18)25)23(26)28-17-12-8-5-9-13-17/h4-13H,3,14H2,1-2H3. The van der Waals surface area contributed by atoms with Crippen molar-refractivity contribution in [2.45, 2.75) is 26.9 Å². The Balaban J connectivity index is 2.02. The number of halogens is 2. The lowest BCUT2D eigenvalue weighted by Crippen LogP contribution is -2.15. The molecule has 0 aromatic heterocycles. The maximum absolute atomic E-state index is 14.9. The van der Waals surface area contributed by atoms with Gasteiger partial charge in [-0.25, -0.2) is 9.18 Å². The Morgan fingerprint density at radius 2 is 1.64 bits per heavy atom. The highest BCUT2D eigenvalue weighted by atomic mass is 79.9. The van der Waals surface area contributed by atoms with Gasteiger partial charge < -0.3 is 9.47 Å². The Kier molecular flexibility index (Phi) is 6.47. The van der Waals surface area contributed by atoms with Gasteiger partial charge in [0.25, 0.3) is 0 Å². The lowest BCUT2D eigenvalue weighted by molar-refractivity contribution is 0.0728. The van der Waals surface area contributed by atoms with E-state index in [-0.39, 0.29) is 17.7 Å². The zero-order chi connectivity index (χ0) is 20.1. The van der Waals surface area contributed by atoms with Crippen LogP contribution in [0.3, 0.4) is 0 Å². The quantitative estimate of drug-likeness (QED) is 0.333. The van der Waals surface area contributed by atoms with Gasteiger partial charge in [0.1, 0.15) is 29.5 Å². The van der Waals surface area contributed by atoms with Gasteiger partial charge in [-0.1, -0.05) is 55.5 Å². The van der Waals surface area contributed by atoms with Crippen molar-refractivity contribution in [2.24, 2.45) is 0 Å². The number of carbonyl (C=O) groups excluding carboxylic acids is 1. The fourth-order valence-electron chi connectivity index (χ4n) is 2.92. The van der Waals surface area contributed by atoms with E-state index in [4.69, 9.17) is 9.47 Å². The zero-order valence-electron chi connectivity index (χ0n) is 15.7. The van der Waals surface area contributed by atoms with Crippen molar-refractivity contribution in [1.29, 1.82) is 0 Å². The van der Waals surface area contributed by atoms with Crippen LogP contribution in [0.2, 0.25) is 0 Å². The van der Waals surface area contributed by atoms with Crippen LogP contribution in [0, 0.1) is 12.7 Å². The number of para-hydroxylation sites is 1. The molecule has 0 heterocycles. The van der Waals surface area contributed by atoms with E-state index in [0.717, 1.165) is 5.56 Å². The molecule has 0 bridgehead atoms. The Bertz CT molecular complexity index is 972. The topological polar surface area (TPSA) is 35.5 Å². The normalized spacial score (nSPS) is 10.6. The van der Waals surface area contributed by atoms with Crippen LogP contribution in [-0.2, 0) is 13.0 Å². The van der Waals surface area contributed by atoms with Crippen LogP contribution in [0.4, 0.5) is 4.39 Å². The third-order valence-corrected chi connectivity index (χ3v) is 5.24. The molecule has 28 heavy (non-hydrogen) atoms. The van der Waals surface area contributed by atoms with Crippen molar-refractivity contribution in [2.75, 3.05) is 0 Å². The van der Waals surface area contributed by atoms with Crippen LogP contribution in [0.15, 0.2) is 65.1 Å². The summed E-state index contributed by atoms with van der Waals surface area (Å²) in [5.74, 6) is -0.409. The highest BCUT2D eigenvalue weighted by Gasteiger charge is 2.27. The van der Waals surface area contributed by atoms with Crippen LogP contribution in [0.1, 0.15) is 34.0 Å². The van der Waals surface area contributed by atoms with Gasteiger partial charge in [0.05, 0.1) is 4.47 Å². The first-order chi connectivity index (χ1) is 13.5. The predicted octanol–water partition coefficient (Wildman–Crippen LogP) is 6.26. The minimum Gasteiger partial charge on any atom is -0.487 e. The largest absolute Gasteiger partial charge is 0.487 e. The van der Waals surface area contributed by atoms with Crippen LogP contribution >= 0.6 is 15.9 Å². The number of rotatable bonds is 6. The summed E-state index contributed by atoms with van der Waals surface area (Å²) in [7, 11) is 0. The van der Waals surface area contributed by atoms with E-state index < -0.39 is 11.8 Å². The van der Waals surface area contributed by atoms with Gasteiger partial charge in [-0.15, -0.1) is 0 Å². The second kappa shape index (κ2) is 9.02. The van der Waals surface area contributed by atoms with E-state index in [2.05, 4.69) is 15.9 Å². The van der Waals surface area contributed by atoms with Crippen molar-refractivity contribution in [3.05, 3.63) is 93.2 Å². The minimum absolute atomic E-state index is 0.0846. The third-order valence-electron chi connectivity index (χ3n) is 4.40. The van der Waals surface area contributed by atoms with Gasteiger partial charge >= 0.3 is 5.97 Å². The summed E-state index contributed by atoms with van der Waals surface area (Å²) < 4.78 is 26.7. The number of esters is 1. The van der Waals surface area contributed by atoms with Crippen molar-refractivity contribution in [3.8, 4) is 11.5 Å². The predicted molar refractivity (Wildman–Crippen MR) is 110 cm³/mol. The van der Waals surface area contributed by atoms with E-state index in [9.17, 15) is 9.18 Å². The van der Waals surface area contributed by atoms with Crippen molar-refractivity contribution < 1.29 is 18.7 Å². The monoisotopic (exact) mass is 442 g/mol. The molecule has 144 valence electrons. The first kappa shape index (κ1) is 20.1. The highest BCUT2D eigenvalue weighted by molar-refractivity contribution is 9.10. The molecule has 0 spiro atoms. The molecule has 0 aliphatic carbocycles. The maximum Gasteiger partial charge on any atom is 0.347 e. The Labute approximate surface area is 172 Å². The molecule has 0 radical (unpaired) electrons. The number of benzene rings is 3. The molecule has 0 unspecified atom stereocenters. The minimum atomic E-state index is -0.658. The smallest absolute Gasteiger partial charge is 0.347 e. The Morgan fingerprint density at radius 1 is 1.04 bits per heavy atom. The van der Waals surface area contributed by atoms with Crippen LogP contribution < -0.4 is 9.47 Å². The van der Waals surface area contributed by atoms with Crippen LogP contribution in [0.25, 0.3) is 0 Å². The van der Waals surface area contributed by atoms with Gasteiger partial charge in [0.2, 0.25) is 0 Å². The van der Waals surface area contributed by atoms with Gasteiger partial charge in [-0.3, -0.25) is 0 Å². The Morgan fingerprint density at radius 3 is 2.25 bits per heavy atom. The molecule has 0 aliphatic heterocycles. The molecule has 3 rings (SSSR count). The molecule has 5 heteroatoms. The van der Waals surface area contributed by atoms with E-state index in [0.29, 0.717) is 28.0 Å². The summed E-state index contributed by atoms with van der Waals surface area (Å²) in [5.41, 5.74) is 1.71. The van der Waals surface area contributed by atoms with Crippen LogP contribution in [-0.4, -0.2) is 5.97 Å². The first-order valence-electron chi connectivity index (χ1n) is 8.97. The summed E-state index contributed by atoms with van der Waals surface area (Å²) in [6, 6.07) is 18.3. The molecule has 0 amide bonds. The number of carbonyl (C=O) groups is 1. The zero-order valence-corrected chi connectivity index (χ0v) is 17.3. The van der Waals surface area contributed by atoms with Gasteiger partial charge in [0, 0.05) is 11.1 Å². The number of hydrogen-bond donors (Lipinski definition) is 0. The van der Waals surface area contributed by atoms with E-state index >= 15 is 0 Å². The summed E-state index contributed by atoms with van der Waals surface area (Å²) in [4.78, 5) is 12.9. The SMILES string of the molecule is CCc1c(F)c(C)c(C(=O)Oc2ccccc2)c(OCc2ccccc2)c1Br. The molecule has 3 nitrogen and oxygen atoms in total. The fourth-order valence-corrected chi connectivity index (χ4v) is 3.68. The molecule has 0 atom stereocenters. The molecule has 0 saturated heterocycles. The summed E-state index contributed by atoms with van der Waals surface area (Å²) >= 11 is 3.43. The second-order valence-corrected chi connectivity index (χ2v) is 7.06. The molecule has 0 N–H and O–H groups in total. The molecule has 0 saturated carbocycles. The lowest BCUT2D eigenvalue weighted by atomic mass is 10.0. The van der Waals surface area contributed by atoms with Gasteiger partial charge in [0.15, 0.2) is 0 Å². The van der Waals surface area contributed by atoms with Gasteiger partial charge in [-0.05, 0) is 47.0 Å². The summed E-state index contributed by atoms with van der Waals surface area (Å²) in [5, 5.41) is 0. The molecule has 0 aliphatic rings. The number of hydrogen-bond acceptors (Lipinski definition) is 3.